The van der Waals surface area contributed by atoms with Crippen molar-refractivity contribution in [3.63, 3.8) is 0 Å². The fourth-order valence-electron chi connectivity index (χ4n) is 6.23. The maximum Gasteiger partial charge on any atom is 0.149 e. The van der Waals surface area contributed by atoms with Gasteiger partial charge in [-0.1, -0.05) is 18.2 Å². The van der Waals surface area contributed by atoms with Crippen LogP contribution in [0.5, 0.6) is 0 Å². The molecule has 1 saturated carbocycles. The summed E-state index contributed by atoms with van der Waals surface area (Å²) in [5, 5.41) is 23.7. The number of pyridine rings is 1. The van der Waals surface area contributed by atoms with Crippen LogP contribution in [0.4, 0.5) is 11.5 Å². The third-order valence-electron chi connectivity index (χ3n) is 8.46. The number of piperidine rings is 1. The molecule has 2 aliphatic heterocycles. The van der Waals surface area contributed by atoms with E-state index in [4.69, 9.17) is 4.98 Å². The van der Waals surface area contributed by atoms with Crippen molar-refractivity contribution in [2.24, 2.45) is 0 Å². The van der Waals surface area contributed by atoms with E-state index in [9.17, 15) is 14.6 Å². The molecule has 34 heavy (non-hydrogen) atoms. The number of aryl methyl sites for hydroxylation is 3. The van der Waals surface area contributed by atoms with Crippen molar-refractivity contribution in [1.82, 2.24) is 4.98 Å². The van der Waals surface area contributed by atoms with Crippen molar-refractivity contribution >= 4 is 22.3 Å². The summed E-state index contributed by atoms with van der Waals surface area (Å²) in [5.74, 6) is 1.82. The van der Waals surface area contributed by atoms with Gasteiger partial charge in [0.05, 0.1) is 39.2 Å². The molecule has 0 amide bonds. The summed E-state index contributed by atoms with van der Waals surface area (Å²) in [6.07, 6.45) is 9.22. The van der Waals surface area contributed by atoms with Crippen molar-refractivity contribution in [1.29, 1.82) is 5.26 Å². The van der Waals surface area contributed by atoms with E-state index in [1.54, 1.807) is 0 Å². The molecule has 1 atom stereocenters. The number of aliphatic hydroxyl groups excluding tert-OH is 1. The molecule has 0 spiro atoms. The second-order valence-corrected chi connectivity index (χ2v) is 11.9. The van der Waals surface area contributed by atoms with Crippen molar-refractivity contribution < 1.29 is 9.32 Å². The highest BCUT2D eigenvalue weighted by molar-refractivity contribution is 7.85. The van der Waals surface area contributed by atoms with Gasteiger partial charge in [-0.25, -0.2) is 4.98 Å². The molecule has 2 aliphatic carbocycles. The molecule has 2 fully saturated rings. The predicted octanol–water partition coefficient (Wildman–Crippen LogP) is 3.82. The zero-order chi connectivity index (χ0) is 23.3. The minimum Gasteiger partial charge on any atom is -0.394 e. The number of nitriles is 1. The van der Waals surface area contributed by atoms with Crippen LogP contribution in [0.2, 0.25) is 0 Å². The number of hydrogen-bond donors (Lipinski definition) is 2. The summed E-state index contributed by atoms with van der Waals surface area (Å²) >= 11 is 0. The number of fused-ring (bicyclic) bond motifs is 2. The number of hydrogen-bond acceptors (Lipinski definition) is 6. The van der Waals surface area contributed by atoms with E-state index in [1.165, 1.54) is 36.0 Å². The first-order valence-electron chi connectivity index (χ1n) is 12.7. The highest BCUT2D eigenvalue weighted by Crippen LogP contribution is 2.43. The monoisotopic (exact) mass is 476 g/mol. The molecular formula is C27H32N4O2S. The van der Waals surface area contributed by atoms with Crippen LogP contribution in [0.3, 0.4) is 0 Å². The number of benzene rings is 1. The minimum absolute atomic E-state index is 0.0170. The van der Waals surface area contributed by atoms with Gasteiger partial charge >= 0.3 is 0 Å². The molecule has 6 nitrogen and oxygen atoms in total. The Morgan fingerprint density at radius 1 is 1.18 bits per heavy atom. The third kappa shape index (κ3) is 3.63. The number of rotatable bonds is 5. The Bertz CT molecular complexity index is 1190. The SMILES string of the molecule is N#Cc1c(N2CCC(c3ccc4c(c3)CCC4)CC2)nc2c(c1NC1(CO)CCC1)S(=O)CC2. The summed E-state index contributed by atoms with van der Waals surface area (Å²) in [6, 6.07) is 9.48. The normalized spacial score (nSPS) is 23.2. The fourth-order valence-corrected chi connectivity index (χ4v) is 7.60. The summed E-state index contributed by atoms with van der Waals surface area (Å²) < 4.78 is 12.8. The average molecular weight is 477 g/mol. The molecule has 2 N–H and O–H groups in total. The highest BCUT2D eigenvalue weighted by atomic mass is 32.2. The van der Waals surface area contributed by atoms with Gasteiger partial charge in [0.2, 0.25) is 0 Å². The van der Waals surface area contributed by atoms with Gasteiger partial charge in [0.1, 0.15) is 17.5 Å². The van der Waals surface area contributed by atoms with Gasteiger partial charge in [-0.15, -0.1) is 0 Å². The predicted molar refractivity (Wildman–Crippen MR) is 134 cm³/mol. The second kappa shape index (κ2) is 8.66. The van der Waals surface area contributed by atoms with E-state index >= 15 is 0 Å². The molecule has 0 radical (unpaired) electrons. The van der Waals surface area contributed by atoms with Gasteiger partial charge in [-0.2, -0.15) is 5.26 Å². The van der Waals surface area contributed by atoms with Gasteiger partial charge in [0.15, 0.2) is 0 Å². The number of aliphatic hydroxyl groups is 1. The van der Waals surface area contributed by atoms with E-state index in [0.717, 1.165) is 56.7 Å². The van der Waals surface area contributed by atoms with E-state index < -0.39 is 16.3 Å². The smallest absolute Gasteiger partial charge is 0.149 e. The van der Waals surface area contributed by atoms with Crippen LogP contribution in [0.25, 0.3) is 0 Å². The number of nitrogens with zero attached hydrogens (tertiary/aromatic N) is 3. The lowest BCUT2D eigenvalue weighted by atomic mass is 9.77. The maximum atomic E-state index is 12.8. The van der Waals surface area contributed by atoms with Crippen molar-refractivity contribution in [3.05, 3.63) is 46.1 Å². The molecule has 4 aliphatic rings. The molecule has 6 rings (SSSR count). The molecule has 1 aromatic carbocycles. The van der Waals surface area contributed by atoms with Crippen LogP contribution < -0.4 is 10.2 Å². The lowest BCUT2D eigenvalue weighted by Crippen LogP contribution is -2.48. The number of nitrogens with one attached hydrogen (secondary N) is 1. The zero-order valence-corrected chi connectivity index (χ0v) is 20.4. The molecular weight excluding hydrogens is 444 g/mol. The van der Waals surface area contributed by atoms with Crippen LogP contribution in [0, 0.1) is 11.3 Å². The van der Waals surface area contributed by atoms with E-state index in [2.05, 4.69) is 34.5 Å². The molecule has 1 unspecified atom stereocenters. The first-order valence-corrected chi connectivity index (χ1v) is 14.0. The Balaban J connectivity index is 1.29. The molecule has 0 bridgehead atoms. The maximum absolute atomic E-state index is 12.8. The molecule has 1 saturated heterocycles. The molecule has 7 heteroatoms. The lowest BCUT2D eigenvalue weighted by molar-refractivity contribution is 0.144. The van der Waals surface area contributed by atoms with Gasteiger partial charge < -0.3 is 15.3 Å². The largest absolute Gasteiger partial charge is 0.394 e. The lowest BCUT2D eigenvalue weighted by Gasteiger charge is -2.42. The Morgan fingerprint density at radius 3 is 2.68 bits per heavy atom. The zero-order valence-electron chi connectivity index (χ0n) is 19.6. The molecule has 178 valence electrons. The summed E-state index contributed by atoms with van der Waals surface area (Å²) in [6.45, 7) is 1.73. The van der Waals surface area contributed by atoms with E-state index in [1.807, 2.05) is 0 Å². The van der Waals surface area contributed by atoms with Gasteiger partial charge in [0.25, 0.3) is 0 Å². The van der Waals surface area contributed by atoms with Crippen LogP contribution in [0.1, 0.15) is 72.4 Å². The average Bonchev–Trinajstić information content (AvgIpc) is 3.47. The number of anilines is 2. The Labute approximate surface area is 203 Å². The standard InChI is InChI=1S/C27H32N4O2S/c28-16-22-24(30-27(17-32)10-2-11-27)25-23(9-14-34(25)33)29-26(22)31-12-7-19(8-13-31)21-6-5-18-3-1-4-20(18)15-21/h5-6,15,19,32H,1-4,7-14,17H2,(H,29,30). The van der Waals surface area contributed by atoms with E-state index in [0.29, 0.717) is 34.2 Å². The third-order valence-corrected chi connectivity index (χ3v) is 9.93. The van der Waals surface area contributed by atoms with Gasteiger partial charge in [-0.3, -0.25) is 4.21 Å². The van der Waals surface area contributed by atoms with Crippen LogP contribution >= 0.6 is 0 Å². The highest BCUT2D eigenvalue weighted by Gasteiger charge is 2.40. The Hall–Kier alpha value is -2.43. The second-order valence-electron chi connectivity index (χ2n) is 10.4. The van der Waals surface area contributed by atoms with Crippen LogP contribution in [0.15, 0.2) is 23.1 Å². The topological polar surface area (TPSA) is 89.2 Å². The van der Waals surface area contributed by atoms with Crippen LogP contribution in [-0.2, 0) is 30.1 Å². The first-order chi connectivity index (χ1) is 16.6. The van der Waals surface area contributed by atoms with Crippen molar-refractivity contribution in [2.45, 2.75) is 74.1 Å². The van der Waals surface area contributed by atoms with Crippen LogP contribution in [-0.4, -0.2) is 45.3 Å². The molecule has 3 heterocycles. The fraction of sp³-hybridized carbons (Fsp3) is 0.556. The summed E-state index contributed by atoms with van der Waals surface area (Å²) in [5.41, 5.74) is 6.10. The Kier molecular flexibility index (Phi) is 5.62. The quantitative estimate of drug-likeness (QED) is 0.682. The summed E-state index contributed by atoms with van der Waals surface area (Å²) in [4.78, 5) is 7.85. The molecule has 2 aromatic rings. The minimum atomic E-state index is -1.16. The van der Waals surface area contributed by atoms with E-state index in [-0.39, 0.29) is 6.61 Å². The van der Waals surface area contributed by atoms with Gasteiger partial charge in [-0.05, 0) is 74.0 Å². The van der Waals surface area contributed by atoms with Crippen molar-refractivity contribution in [2.75, 3.05) is 35.7 Å². The Morgan fingerprint density at radius 2 is 1.97 bits per heavy atom. The molecule has 1 aromatic heterocycles. The summed E-state index contributed by atoms with van der Waals surface area (Å²) in [7, 11) is -1.16. The van der Waals surface area contributed by atoms with Crippen molar-refractivity contribution in [3.8, 4) is 6.07 Å². The van der Waals surface area contributed by atoms with Gasteiger partial charge in [0, 0.05) is 25.3 Å². The number of aromatic nitrogens is 1. The first kappa shape index (κ1) is 22.1.